The Balaban J connectivity index is 1.32. The molecule has 150 valence electrons. The van der Waals surface area contributed by atoms with Gasteiger partial charge in [0, 0.05) is 57.4 Å². The van der Waals surface area contributed by atoms with Gasteiger partial charge in [-0.1, -0.05) is 6.07 Å². The van der Waals surface area contributed by atoms with E-state index in [4.69, 9.17) is 14.1 Å². The van der Waals surface area contributed by atoms with Crippen LogP contribution in [-0.2, 0) is 11.2 Å². The second-order valence-electron chi connectivity index (χ2n) is 7.44. The molecule has 2 unspecified atom stereocenters. The Kier molecular flexibility index (Phi) is 6.44. The molecule has 4 rings (SSSR count). The third-order valence-corrected chi connectivity index (χ3v) is 5.28. The van der Waals surface area contributed by atoms with Crippen molar-refractivity contribution in [2.24, 2.45) is 10.9 Å². The number of hydrogen-bond acceptors (Lipinski definition) is 5. The molecule has 0 aliphatic carbocycles. The maximum atomic E-state index is 5.48. The number of rotatable bonds is 7. The standard InChI is InChI=1S/C21H29N5O2/c1-2-9-22-20(5-1)26-11-7-18(15-26)25-21(24-14-17-8-13-27-16-17)23-10-6-19-4-3-12-28-19/h1-5,9,12,17-18H,6-8,10-11,13-16H2,(H2,23,24,25). The third kappa shape index (κ3) is 5.25. The van der Waals surface area contributed by atoms with Crippen LogP contribution >= 0.6 is 0 Å². The Hall–Kier alpha value is -2.54. The van der Waals surface area contributed by atoms with Crippen molar-refractivity contribution in [1.82, 2.24) is 15.6 Å². The number of aromatic nitrogens is 1. The predicted octanol–water partition coefficient (Wildman–Crippen LogP) is 2.07. The first-order chi connectivity index (χ1) is 13.9. The summed E-state index contributed by atoms with van der Waals surface area (Å²) in [6.45, 7) is 5.20. The molecule has 0 amide bonds. The molecule has 2 aromatic heterocycles. The lowest BCUT2D eigenvalue weighted by Gasteiger charge is -2.20. The first kappa shape index (κ1) is 18.8. The van der Waals surface area contributed by atoms with Crippen molar-refractivity contribution in [2.75, 3.05) is 44.3 Å². The fraction of sp³-hybridized carbons (Fsp3) is 0.524. The van der Waals surface area contributed by atoms with Crippen molar-refractivity contribution < 1.29 is 9.15 Å². The number of anilines is 1. The second kappa shape index (κ2) is 9.59. The molecule has 2 aromatic rings. The summed E-state index contributed by atoms with van der Waals surface area (Å²) in [5.74, 6) is 3.43. The molecule has 0 bridgehead atoms. The van der Waals surface area contributed by atoms with E-state index in [2.05, 4.69) is 26.6 Å². The monoisotopic (exact) mass is 383 g/mol. The van der Waals surface area contributed by atoms with Crippen molar-refractivity contribution in [3.05, 3.63) is 48.6 Å². The average molecular weight is 383 g/mol. The molecule has 2 aliphatic heterocycles. The topological polar surface area (TPSA) is 74.9 Å². The van der Waals surface area contributed by atoms with Crippen molar-refractivity contribution in [3.8, 4) is 0 Å². The van der Waals surface area contributed by atoms with Gasteiger partial charge in [-0.15, -0.1) is 0 Å². The van der Waals surface area contributed by atoms with Crippen LogP contribution in [-0.4, -0.2) is 56.4 Å². The van der Waals surface area contributed by atoms with Gasteiger partial charge in [0.1, 0.15) is 11.6 Å². The van der Waals surface area contributed by atoms with E-state index in [1.54, 1.807) is 6.26 Å². The number of guanidine groups is 1. The quantitative estimate of drug-likeness (QED) is 0.563. The minimum absolute atomic E-state index is 0.358. The SMILES string of the molecule is c1ccc(N2CCC(NC(=NCC3CCOC3)NCCc3ccco3)C2)nc1. The van der Waals surface area contributed by atoms with Crippen LogP contribution in [0.15, 0.2) is 52.2 Å². The van der Waals surface area contributed by atoms with E-state index < -0.39 is 0 Å². The molecule has 7 heteroatoms. The summed E-state index contributed by atoms with van der Waals surface area (Å²) >= 11 is 0. The Labute approximate surface area is 166 Å². The van der Waals surface area contributed by atoms with E-state index in [9.17, 15) is 0 Å². The number of furan rings is 1. The smallest absolute Gasteiger partial charge is 0.191 e. The van der Waals surface area contributed by atoms with E-state index in [0.717, 1.165) is 76.2 Å². The predicted molar refractivity (Wildman–Crippen MR) is 110 cm³/mol. The highest BCUT2D eigenvalue weighted by Crippen LogP contribution is 2.17. The van der Waals surface area contributed by atoms with Crippen LogP contribution < -0.4 is 15.5 Å². The average Bonchev–Trinajstić information content (AvgIpc) is 3.49. The zero-order valence-corrected chi connectivity index (χ0v) is 16.2. The molecular formula is C21H29N5O2. The van der Waals surface area contributed by atoms with E-state index in [1.807, 2.05) is 30.5 Å². The summed E-state index contributed by atoms with van der Waals surface area (Å²) in [6.07, 6.45) is 6.57. The lowest BCUT2D eigenvalue weighted by atomic mass is 10.1. The third-order valence-electron chi connectivity index (χ3n) is 5.28. The highest BCUT2D eigenvalue weighted by Gasteiger charge is 2.24. The van der Waals surface area contributed by atoms with Crippen LogP contribution in [0, 0.1) is 5.92 Å². The molecule has 2 atom stereocenters. The molecule has 28 heavy (non-hydrogen) atoms. The minimum Gasteiger partial charge on any atom is -0.469 e. The van der Waals surface area contributed by atoms with Gasteiger partial charge < -0.3 is 24.7 Å². The van der Waals surface area contributed by atoms with Gasteiger partial charge >= 0.3 is 0 Å². The fourth-order valence-corrected chi connectivity index (χ4v) is 3.68. The van der Waals surface area contributed by atoms with Gasteiger partial charge in [0.2, 0.25) is 0 Å². The first-order valence-corrected chi connectivity index (χ1v) is 10.2. The van der Waals surface area contributed by atoms with Crippen molar-refractivity contribution in [1.29, 1.82) is 0 Å². The largest absolute Gasteiger partial charge is 0.469 e. The van der Waals surface area contributed by atoms with Gasteiger partial charge in [0.15, 0.2) is 5.96 Å². The molecule has 4 heterocycles. The van der Waals surface area contributed by atoms with Crippen molar-refractivity contribution in [2.45, 2.75) is 25.3 Å². The molecule has 0 radical (unpaired) electrons. The summed E-state index contributed by atoms with van der Waals surface area (Å²) in [6, 6.07) is 10.3. The highest BCUT2D eigenvalue weighted by molar-refractivity contribution is 5.80. The maximum Gasteiger partial charge on any atom is 0.191 e. The van der Waals surface area contributed by atoms with Crippen LogP contribution in [0.25, 0.3) is 0 Å². The highest BCUT2D eigenvalue weighted by atomic mass is 16.5. The number of pyridine rings is 1. The van der Waals surface area contributed by atoms with Crippen molar-refractivity contribution >= 4 is 11.8 Å². The molecular weight excluding hydrogens is 354 g/mol. The van der Waals surface area contributed by atoms with Crippen LogP contribution in [0.2, 0.25) is 0 Å². The Morgan fingerprint density at radius 2 is 2.25 bits per heavy atom. The second-order valence-corrected chi connectivity index (χ2v) is 7.44. The van der Waals surface area contributed by atoms with Crippen molar-refractivity contribution in [3.63, 3.8) is 0 Å². The molecule has 2 aliphatic rings. The van der Waals surface area contributed by atoms with Crippen LogP contribution in [0.4, 0.5) is 5.82 Å². The number of nitrogens with zero attached hydrogens (tertiary/aromatic N) is 3. The number of ether oxygens (including phenoxy) is 1. The van der Waals surface area contributed by atoms with Gasteiger partial charge in [-0.2, -0.15) is 0 Å². The summed E-state index contributed by atoms with van der Waals surface area (Å²) in [5.41, 5.74) is 0. The zero-order chi connectivity index (χ0) is 19.0. The zero-order valence-electron chi connectivity index (χ0n) is 16.2. The van der Waals surface area contributed by atoms with Gasteiger partial charge in [-0.3, -0.25) is 4.99 Å². The molecule has 2 N–H and O–H groups in total. The van der Waals surface area contributed by atoms with Crippen LogP contribution in [0.3, 0.4) is 0 Å². The first-order valence-electron chi connectivity index (χ1n) is 10.2. The summed E-state index contributed by atoms with van der Waals surface area (Å²) in [4.78, 5) is 11.6. The Morgan fingerprint density at radius 3 is 3.04 bits per heavy atom. The number of nitrogens with one attached hydrogen (secondary N) is 2. The van der Waals surface area contributed by atoms with Gasteiger partial charge in [-0.25, -0.2) is 4.98 Å². The van der Waals surface area contributed by atoms with Crippen LogP contribution in [0.1, 0.15) is 18.6 Å². The molecule has 2 fully saturated rings. The summed E-state index contributed by atoms with van der Waals surface area (Å²) in [7, 11) is 0. The molecule has 0 aromatic carbocycles. The minimum atomic E-state index is 0.358. The van der Waals surface area contributed by atoms with Gasteiger partial charge in [-0.05, 0) is 37.1 Å². The van der Waals surface area contributed by atoms with E-state index in [-0.39, 0.29) is 0 Å². The number of aliphatic imine (C=N–C) groups is 1. The lowest BCUT2D eigenvalue weighted by Crippen LogP contribution is -2.45. The molecule has 7 nitrogen and oxygen atoms in total. The lowest BCUT2D eigenvalue weighted by molar-refractivity contribution is 0.187. The Morgan fingerprint density at radius 1 is 1.25 bits per heavy atom. The summed E-state index contributed by atoms with van der Waals surface area (Å²) in [5, 5.41) is 7.09. The summed E-state index contributed by atoms with van der Waals surface area (Å²) < 4.78 is 10.9. The maximum absolute atomic E-state index is 5.48. The van der Waals surface area contributed by atoms with E-state index in [0.29, 0.717) is 12.0 Å². The Bertz CT molecular complexity index is 729. The number of hydrogen-bond donors (Lipinski definition) is 2. The van der Waals surface area contributed by atoms with Gasteiger partial charge in [0.25, 0.3) is 0 Å². The van der Waals surface area contributed by atoms with E-state index >= 15 is 0 Å². The molecule has 0 saturated carbocycles. The van der Waals surface area contributed by atoms with Gasteiger partial charge in [0.05, 0.1) is 12.9 Å². The fourth-order valence-electron chi connectivity index (χ4n) is 3.68. The molecule has 0 spiro atoms. The molecule has 2 saturated heterocycles. The van der Waals surface area contributed by atoms with Crippen LogP contribution in [0.5, 0.6) is 0 Å². The van der Waals surface area contributed by atoms with E-state index in [1.165, 1.54) is 0 Å². The normalized spacial score (nSPS) is 22.6.